The Hall–Kier alpha value is -2.01. The highest BCUT2D eigenvalue weighted by Gasteiger charge is 2.22. The van der Waals surface area contributed by atoms with Crippen molar-refractivity contribution in [1.29, 1.82) is 0 Å². The molecule has 0 spiro atoms. The molecule has 2 aromatic rings. The number of amides is 1. The topological polar surface area (TPSA) is 68.4 Å². The number of nitrogens with zero attached hydrogens (tertiary/aromatic N) is 1. The Bertz CT molecular complexity index is 725. The quantitative estimate of drug-likeness (QED) is 0.635. The number of unbranched alkanes of at least 4 members (excludes halogenated alkanes) is 5. The average Bonchev–Trinajstić information content (AvgIpc) is 3.07. The van der Waals surface area contributed by atoms with Crippen LogP contribution < -0.4 is 10.2 Å². The number of aliphatic hydroxyl groups is 1. The monoisotopic (exact) mass is 357 g/mol. The van der Waals surface area contributed by atoms with Crippen LogP contribution in [0.25, 0.3) is 10.9 Å². The standard InChI is InChI=1S/C21H31N3O2/c1-2-3-4-5-6-7-11-24-14-20(26)23-17(15-25)12-16-13-22-18-9-8-10-19(24)21(16)18/h8-10,13,17,22,25H,2-7,11-12,14-15H2,1H3,(H,23,26). The van der Waals surface area contributed by atoms with Crippen LogP contribution in [0.1, 0.15) is 51.0 Å². The van der Waals surface area contributed by atoms with Crippen LogP contribution in [0, 0.1) is 0 Å². The second kappa shape index (κ2) is 9.08. The number of hydrogen-bond donors (Lipinski definition) is 3. The summed E-state index contributed by atoms with van der Waals surface area (Å²) < 4.78 is 0. The van der Waals surface area contributed by atoms with Gasteiger partial charge >= 0.3 is 0 Å². The third-order valence-electron chi connectivity index (χ3n) is 5.27. The van der Waals surface area contributed by atoms with E-state index in [2.05, 4.69) is 34.3 Å². The smallest absolute Gasteiger partial charge is 0.239 e. The molecular formula is C21H31N3O2. The second-order valence-electron chi connectivity index (χ2n) is 7.35. The van der Waals surface area contributed by atoms with Crippen LogP contribution in [0.4, 0.5) is 5.69 Å². The molecule has 0 bridgehead atoms. The molecule has 1 atom stereocenters. The average molecular weight is 357 g/mol. The van der Waals surface area contributed by atoms with E-state index in [-0.39, 0.29) is 18.6 Å². The first-order chi connectivity index (χ1) is 12.7. The number of aromatic nitrogens is 1. The molecule has 1 aliphatic rings. The molecule has 5 heteroatoms. The van der Waals surface area contributed by atoms with Gasteiger partial charge in [-0.05, 0) is 30.5 Å². The molecule has 0 saturated carbocycles. The summed E-state index contributed by atoms with van der Waals surface area (Å²) in [6.45, 7) is 3.41. The number of aromatic amines is 1. The molecule has 0 saturated heterocycles. The number of H-pyrrole nitrogens is 1. The number of hydrogen-bond acceptors (Lipinski definition) is 3. The molecule has 2 heterocycles. The van der Waals surface area contributed by atoms with Crippen LogP contribution in [0.2, 0.25) is 0 Å². The van der Waals surface area contributed by atoms with E-state index in [9.17, 15) is 9.90 Å². The summed E-state index contributed by atoms with van der Waals surface area (Å²) in [5.74, 6) is -0.0128. The molecule has 3 rings (SSSR count). The summed E-state index contributed by atoms with van der Waals surface area (Å²) in [5, 5.41) is 13.8. The summed E-state index contributed by atoms with van der Waals surface area (Å²) >= 11 is 0. The van der Waals surface area contributed by atoms with E-state index in [0.29, 0.717) is 13.0 Å². The number of aliphatic hydroxyl groups excluding tert-OH is 1. The predicted octanol–water partition coefficient (Wildman–Crippen LogP) is 3.37. The van der Waals surface area contributed by atoms with Crippen molar-refractivity contribution in [2.45, 2.75) is 57.9 Å². The molecule has 0 radical (unpaired) electrons. The number of carbonyl (C=O) groups is 1. The lowest BCUT2D eigenvalue weighted by Gasteiger charge is -2.25. The van der Waals surface area contributed by atoms with E-state index >= 15 is 0 Å². The van der Waals surface area contributed by atoms with Gasteiger partial charge < -0.3 is 20.3 Å². The molecule has 1 amide bonds. The maximum atomic E-state index is 12.5. The van der Waals surface area contributed by atoms with Crippen molar-refractivity contribution in [1.82, 2.24) is 10.3 Å². The fourth-order valence-electron chi connectivity index (χ4n) is 3.90. The Morgan fingerprint density at radius 3 is 2.81 bits per heavy atom. The Labute approximate surface area is 155 Å². The second-order valence-corrected chi connectivity index (χ2v) is 7.35. The molecule has 142 valence electrons. The summed E-state index contributed by atoms with van der Waals surface area (Å²) in [5.41, 5.74) is 3.38. The molecule has 1 aliphatic heterocycles. The van der Waals surface area contributed by atoms with Crippen molar-refractivity contribution >= 4 is 22.5 Å². The van der Waals surface area contributed by atoms with Crippen molar-refractivity contribution in [3.63, 3.8) is 0 Å². The lowest BCUT2D eigenvalue weighted by Crippen LogP contribution is -2.44. The molecule has 0 fully saturated rings. The Morgan fingerprint density at radius 1 is 1.19 bits per heavy atom. The number of nitrogens with one attached hydrogen (secondary N) is 2. The highest BCUT2D eigenvalue weighted by molar-refractivity contribution is 5.97. The minimum absolute atomic E-state index is 0.0128. The molecule has 5 nitrogen and oxygen atoms in total. The van der Waals surface area contributed by atoms with Crippen LogP contribution in [0.3, 0.4) is 0 Å². The maximum Gasteiger partial charge on any atom is 0.239 e. The lowest BCUT2D eigenvalue weighted by molar-refractivity contribution is -0.120. The van der Waals surface area contributed by atoms with Gasteiger partial charge in [0.25, 0.3) is 0 Å². The highest BCUT2D eigenvalue weighted by Crippen LogP contribution is 2.31. The first-order valence-electron chi connectivity index (χ1n) is 9.97. The van der Waals surface area contributed by atoms with Gasteiger partial charge in [-0.1, -0.05) is 45.1 Å². The lowest BCUT2D eigenvalue weighted by atomic mass is 10.0. The van der Waals surface area contributed by atoms with E-state index in [4.69, 9.17) is 0 Å². The Balaban J connectivity index is 1.80. The van der Waals surface area contributed by atoms with Gasteiger partial charge in [0.1, 0.15) is 0 Å². The SMILES string of the molecule is CCCCCCCCN1CC(=O)NC(CO)Cc2c[nH]c3cccc1c23. The Morgan fingerprint density at radius 2 is 2.00 bits per heavy atom. The largest absolute Gasteiger partial charge is 0.394 e. The molecular weight excluding hydrogens is 326 g/mol. The van der Waals surface area contributed by atoms with Gasteiger partial charge in [-0.15, -0.1) is 0 Å². The van der Waals surface area contributed by atoms with Gasteiger partial charge in [0.15, 0.2) is 0 Å². The fraction of sp³-hybridized carbons (Fsp3) is 0.571. The highest BCUT2D eigenvalue weighted by atomic mass is 16.3. The minimum atomic E-state index is -0.233. The normalized spacial score (nSPS) is 17.7. The summed E-state index contributed by atoms with van der Waals surface area (Å²) in [4.78, 5) is 18.0. The Kier molecular flexibility index (Phi) is 6.56. The summed E-state index contributed by atoms with van der Waals surface area (Å²) in [7, 11) is 0. The van der Waals surface area contributed by atoms with Crippen molar-refractivity contribution in [3.8, 4) is 0 Å². The molecule has 3 N–H and O–H groups in total. The van der Waals surface area contributed by atoms with Crippen LogP contribution in [-0.4, -0.2) is 41.7 Å². The van der Waals surface area contributed by atoms with Crippen LogP contribution in [-0.2, 0) is 11.2 Å². The summed E-state index contributed by atoms with van der Waals surface area (Å²) in [6, 6.07) is 6.00. The van der Waals surface area contributed by atoms with Crippen LogP contribution >= 0.6 is 0 Å². The third-order valence-corrected chi connectivity index (χ3v) is 5.27. The first-order valence-corrected chi connectivity index (χ1v) is 9.97. The van der Waals surface area contributed by atoms with Gasteiger partial charge in [0, 0.05) is 29.3 Å². The third kappa shape index (κ3) is 4.39. The number of carbonyl (C=O) groups excluding carboxylic acids is 1. The molecule has 26 heavy (non-hydrogen) atoms. The van der Waals surface area contributed by atoms with Gasteiger partial charge in [-0.2, -0.15) is 0 Å². The molecule has 0 aliphatic carbocycles. The maximum absolute atomic E-state index is 12.5. The van der Waals surface area contributed by atoms with Crippen molar-refractivity contribution in [3.05, 3.63) is 30.0 Å². The molecule has 1 unspecified atom stereocenters. The van der Waals surface area contributed by atoms with E-state index < -0.39 is 0 Å². The van der Waals surface area contributed by atoms with E-state index in [1.807, 2.05) is 12.3 Å². The van der Waals surface area contributed by atoms with Crippen molar-refractivity contribution < 1.29 is 9.90 Å². The van der Waals surface area contributed by atoms with Gasteiger partial charge in [-0.3, -0.25) is 4.79 Å². The predicted molar refractivity (Wildman–Crippen MR) is 107 cm³/mol. The fourth-order valence-corrected chi connectivity index (χ4v) is 3.90. The van der Waals surface area contributed by atoms with Crippen LogP contribution in [0.5, 0.6) is 0 Å². The van der Waals surface area contributed by atoms with Gasteiger partial charge in [0.05, 0.1) is 19.2 Å². The van der Waals surface area contributed by atoms with Crippen LogP contribution in [0.15, 0.2) is 24.4 Å². The number of rotatable bonds is 8. The molecule has 1 aromatic carbocycles. The van der Waals surface area contributed by atoms with Crippen molar-refractivity contribution in [2.24, 2.45) is 0 Å². The van der Waals surface area contributed by atoms with E-state index in [1.54, 1.807) is 0 Å². The van der Waals surface area contributed by atoms with Crippen molar-refractivity contribution in [2.75, 3.05) is 24.6 Å². The van der Waals surface area contributed by atoms with Gasteiger partial charge in [0.2, 0.25) is 5.91 Å². The zero-order chi connectivity index (χ0) is 18.4. The first kappa shape index (κ1) is 18.8. The van der Waals surface area contributed by atoms with Gasteiger partial charge in [-0.25, -0.2) is 0 Å². The molecule has 1 aromatic heterocycles. The summed E-state index contributed by atoms with van der Waals surface area (Å²) in [6.07, 6.45) is 10.1. The number of anilines is 1. The minimum Gasteiger partial charge on any atom is -0.394 e. The zero-order valence-corrected chi connectivity index (χ0v) is 15.8. The van der Waals surface area contributed by atoms with E-state index in [1.165, 1.54) is 37.5 Å². The number of benzene rings is 1. The van der Waals surface area contributed by atoms with E-state index in [0.717, 1.165) is 29.7 Å². The zero-order valence-electron chi connectivity index (χ0n) is 15.8.